The van der Waals surface area contributed by atoms with E-state index in [-0.39, 0.29) is 17.7 Å². The highest BCUT2D eigenvalue weighted by Gasteiger charge is 2.20. The van der Waals surface area contributed by atoms with Crippen LogP contribution in [-0.2, 0) is 0 Å². The van der Waals surface area contributed by atoms with E-state index in [0.29, 0.717) is 27.4 Å². The van der Waals surface area contributed by atoms with Crippen LogP contribution in [0.1, 0.15) is 43.2 Å². The number of pyridine rings is 1. The number of hydrogen-bond donors (Lipinski definition) is 2. The highest BCUT2D eigenvalue weighted by atomic mass is 32.1. The van der Waals surface area contributed by atoms with Gasteiger partial charge in [0, 0.05) is 42.3 Å². The molecule has 30 heavy (non-hydrogen) atoms. The first kappa shape index (κ1) is 19.8. The van der Waals surface area contributed by atoms with Gasteiger partial charge in [0.1, 0.15) is 4.88 Å². The minimum Gasteiger partial charge on any atom is -0.339 e. The maximum atomic E-state index is 12.7. The van der Waals surface area contributed by atoms with Crippen LogP contribution in [0, 0.1) is 0 Å². The van der Waals surface area contributed by atoms with Crippen LogP contribution in [0.3, 0.4) is 0 Å². The number of nitrogens with zero attached hydrogens (tertiary/aromatic N) is 2. The van der Waals surface area contributed by atoms with Crippen LogP contribution in [0.25, 0.3) is 0 Å². The first-order valence-electron chi connectivity index (χ1n) is 9.61. The lowest BCUT2D eigenvalue weighted by atomic mass is 10.2. The Kier molecular flexibility index (Phi) is 5.85. The first-order chi connectivity index (χ1) is 14.6. The minimum absolute atomic E-state index is 0.0183. The second-order valence-electron chi connectivity index (χ2n) is 6.88. The molecule has 4 rings (SSSR count). The summed E-state index contributed by atoms with van der Waals surface area (Å²) in [6.07, 6.45) is 5.16. The van der Waals surface area contributed by atoms with Crippen molar-refractivity contribution in [2.75, 3.05) is 23.7 Å². The van der Waals surface area contributed by atoms with Gasteiger partial charge in [0.05, 0.1) is 5.69 Å². The highest BCUT2D eigenvalue weighted by molar-refractivity contribution is 7.12. The smallest absolute Gasteiger partial charge is 0.267 e. The van der Waals surface area contributed by atoms with Gasteiger partial charge in [0.15, 0.2) is 0 Å². The zero-order chi connectivity index (χ0) is 20.9. The fraction of sp³-hybridized carbons (Fsp3) is 0.182. The molecule has 0 aliphatic carbocycles. The third-order valence-electron chi connectivity index (χ3n) is 4.85. The summed E-state index contributed by atoms with van der Waals surface area (Å²) in [7, 11) is 0. The van der Waals surface area contributed by atoms with E-state index in [1.807, 2.05) is 4.90 Å². The third kappa shape index (κ3) is 4.38. The Morgan fingerprint density at radius 2 is 1.53 bits per heavy atom. The molecule has 7 nitrogen and oxygen atoms in total. The molecule has 0 bridgehead atoms. The lowest BCUT2D eigenvalue weighted by molar-refractivity contribution is 0.0792. The number of hydrogen-bond acceptors (Lipinski definition) is 5. The van der Waals surface area contributed by atoms with Crippen molar-refractivity contribution < 1.29 is 14.4 Å². The van der Waals surface area contributed by atoms with Crippen LogP contribution in [0.4, 0.5) is 11.4 Å². The molecule has 0 unspecified atom stereocenters. The first-order valence-corrected chi connectivity index (χ1v) is 10.5. The number of thiophene rings is 1. The molecule has 0 spiro atoms. The van der Waals surface area contributed by atoms with Crippen molar-refractivity contribution in [1.29, 1.82) is 0 Å². The molecule has 1 aliphatic heterocycles. The van der Waals surface area contributed by atoms with Crippen molar-refractivity contribution in [2.24, 2.45) is 0 Å². The Hall–Kier alpha value is -3.52. The van der Waals surface area contributed by atoms with Gasteiger partial charge < -0.3 is 15.5 Å². The van der Waals surface area contributed by atoms with Gasteiger partial charge in [-0.2, -0.15) is 0 Å². The molecule has 2 N–H and O–H groups in total. The second-order valence-corrected chi connectivity index (χ2v) is 7.80. The van der Waals surface area contributed by atoms with Gasteiger partial charge in [-0.15, -0.1) is 11.3 Å². The van der Waals surface area contributed by atoms with E-state index in [2.05, 4.69) is 15.6 Å². The predicted octanol–water partition coefficient (Wildman–Crippen LogP) is 3.88. The van der Waals surface area contributed by atoms with Gasteiger partial charge in [0.25, 0.3) is 17.7 Å². The molecule has 1 aliphatic rings. The van der Waals surface area contributed by atoms with Crippen molar-refractivity contribution in [3.05, 3.63) is 76.2 Å². The highest BCUT2D eigenvalue weighted by Crippen LogP contribution is 2.24. The second kappa shape index (κ2) is 8.87. The van der Waals surface area contributed by atoms with Crippen LogP contribution in [0.5, 0.6) is 0 Å². The summed E-state index contributed by atoms with van der Waals surface area (Å²) >= 11 is 1.24. The monoisotopic (exact) mass is 420 g/mol. The summed E-state index contributed by atoms with van der Waals surface area (Å²) < 4.78 is 0. The molecule has 0 saturated carbocycles. The lowest BCUT2D eigenvalue weighted by Crippen LogP contribution is -2.27. The number of likely N-dealkylation sites (tertiary alicyclic amines) is 1. The average Bonchev–Trinajstić information content (AvgIpc) is 3.47. The Bertz CT molecular complexity index is 1060. The zero-order valence-electron chi connectivity index (χ0n) is 16.1. The molecule has 3 amide bonds. The van der Waals surface area contributed by atoms with E-state index in [1.54, 1.807) is 47.8 Å². The summed E-state index contributed by atoms with van der Waals surface area (Å²) in [5.74, 6) is -0.618. The maximum Gasteiger partial charge on any atom is 0.267 e. The van der Waals surface area contributed by atoms with Gasteiger partial charge in [-0.3, -0.25) is 19.4 Å². The van der Waals surface area contributed by atoms with E-state index in [9.17, 15) is 14.4 Å². The van der Waals surface area contributed by atoms with E-state index >= 15 is 0 Å². The number of amides is 3. The number of carbonyl (C=O) groups excluding carboxylic acids is 3. The summed E-state index contributed by atoms with van der Waals surface area (Å²) in [5.41, 5.74) is 2.09. The summed E-state index contributed by atoms with van der Waals surface area (Å²) in [6, 6.07) is 11.8. The molecule has 152 valence electrons. The van der Waals surface area contributed by atoms with Gasteiger partial charge in [-0.05, 0) is 60.7 Å². The Labute approximate surface area is 177 Å². The SMILES string of the molecule is O=C(Nc1ccsc1C(=O)Nc1ccc(C(=O)N2CCCC2)cc1)c1ccncc1. The fourth-order valence-corrected chi connectivity index (χ4v) is 4.01. The number of benzene rings is 1. The third-order valence-corrected chi connectivity index (χ3v) is 5.76. The Balaban J connectivity index is 1.41. The van der Waals surface area contributed by atoms with Crippen molar-refractivity contribution in [2.45, 2.75) is 12.8 Å². The molecule has 1 saturated heterocycles. The van der Waals surface area contributed by atoms with Crippen molar-refractivity contribution in [3.63, 3.8) is 0 Å². The summed E-state index contributed by atoms with van der Waals surface area (Å²) in [5, 5.41) is 7.33. The summed E-state index contributed by atoms with van der Waals surface area (Å²) in [6.45, 7) is 1.59. The molecule has 1 aromatic carbocycles. The molecule has 3 aromatic rings. The molecular formula is C22H20N4O3S. The van der Waals surface area contributed by atoms with E-state index in [0.717, 1.165) is 25.9 Å². The molecule has 1 fully saturated rings. The van der Waals surface area contributed by atoms with Gasteiger partial charge in [-0.25, -0.2) is 0 Å². The fourth-order valence-electron chi connectivity index (χ4n) is 3.27. The standard InChI is InChI=1S/C22H20N4O3S/c27-20(15-7-10-23-11-8-15)25-18-9-14-30-19(18)21(28)24-17-5-3-16(4-6-17)22(29)26-12-1-2-13-26/h3-11,14H,1-2,12-13H2,(H,24,28)(H,25,27). The van der Waals surface area contributed by atoms with E-state index in [1.165, 1.54) is 23.7 Å². The molecule has 2 aromatic heterocycles. The van der Waals surface area contributed by atoms with Crippen LogP contribution < -0.4 is 10.6 Å². The van der Waals surface area contributed by atoms with Gasteiger partial charge in [0.2, 0.25) is 0 Å². The van der Waals surface area contributed by atoms with Crippen LogP contribution >= 0.6 is 11.3 Å². The Morgan fingerprint density at radius 3 is 2.23 bits per heavy atom. The Morgan fingerprint density at radius 1 is 0.833 bits per heavy atom. The molecular weight excluding hydrogens is 400 g/mol. The predicted molar refractivity (Wildman–Crippen MR) is 116 cm³/mol. The number of rotatable bonds is 5. The number of anilines is 2. The normalized spacial score (nSPS) is 13.1. The van der Waals surface area contributed by atoms with Gasteiger partial charge >= 0.3 is 0 Å². The molecule has 3 heterocycles. The van der Waals surface area contributed by atoms with Crippen LogP contribution in [0.2, 0.25) is 0 Å². The molecule has 0 atom stereocenters. The van der Waals surface area contributed by atoms with Gasteiger partial charge in [-0.1, -0.05) is 0 Å². The van der Waals surface area contributed by atoms with Crippen molar-refractivity contribution >= 4 is 40.4 Å². The number of aromatic nitrogens is 1. The lowest BCUT2D eigenvalue weighted by Gasteiger charge is -2.15. The van der Waals surface area contributed by atoms with Crippen LogP contribution in [-0.4, -0.2) is 40.7 Å². The average molecular weight is 420 g/mol. The van der Waals surface area contributed by atoms with E-state index in [4.69, 9.17) is 0 Å². The molecule has 0 radical (unpaired) electrons. The van der Waals surface area contributed by atoms with E-state index < -0.39 is 0 Å². The zero-order valence-corrected chi connectivity index (χ0v) is 16.9. The minimum atomic E-state index is -0.325. The van der Waals surface area contributed by atoms with Crippen molar-refractivity contribution in [1.82, 2.24) is 9.88 Å². The van der Waals surface area contributed by atoms with Crippen molar-refractivity contribution in [3.8, 4) is 0 Å². The van der Waals surface area contributed by atoms with Crippen LogP contribution in [0.15, 0.2) is 60.2 Å². The number of carbonyl (C=O) groups is 3. The quantitative estimate of drug-likeness (QED) is 0.655. The summed E-state index contributed by atoms with van der Waals surface area (Å²) in [4.78, 5) is 43.6. The number of nitrogens with one attached hydrogen (secondary N) is 2. The topological polar surface area (TPSA) is 91.4 Å². The maximum absolute atomic E-state index is 12.7. The molecule has 8 heteroatoms. The largest absolute Gasteiger partial charge is 0.339 e.